The maximum absolute atomic E-state index is 12.8. The Hall–Kier alpha value is -2.63. The molecule has 0 heterocycles. The predicted molar refractivity (Wildman–Crippen MR) is 279 cm³/mol. The van der Waals surface area contributed by atoms with E-state index in [4.69, 9.17) is 14.2 Å². The molecule has 0 spiro atoms. The summed E-state index contributed by atoms with van der Waals surface area (Å²) in [7, 11) is 0. The van der Waals surface area contributed by atoms with Gasteiger partial charge in [-0.05, 0) is 57.8 Å². The number of hydrogen-bond donors (Lipinski definition) is 0. The van der Waals surface area contributed by atoms with Gasteiger partial charge in [0.2, 0.25) is 0 Å². The van der Waals surface area contributed by atoms with Crippen LogP contribution in [0.2, 0.25) is 0 Å². The first kappa shape index (κ1) is 62.4. The van der Waals surface area contributed by atoms with Crippen LogP contribution in [0.5, 0.6) is 0 Å². The van der Waals surface area contributed by atoms with Crippen molar-refractivity contribution in [2.75, 3.05) is 13.2 Å². The van der Waals surface area contributed by atoms with Gasteiger partial charge in [0.25, 0.3) is 0 Å². The highest BCUT2D eigenvalue weighted by molar-refractivity contribution is 5.71. The van der Waals surface area contributed by atoms with Gasteiger partial charge in [0.05, 0.1) is 0 Å². The van der Waals surface area contributed by atoms with E-state index in [-0.39, 0.29) is 31.1 Å². The zero-order valence-corrected chi connectivity index (χ0v) is 43.3. The number of esters is 3. The van der Waals surface area contributed by atoms with Crippen LogP contribution in [-0.2, 0) is 28.6 Å². The minimum atomic E-state index is -0.765. The fourth-order valence-corrected chi connectivity index (χ4v) is 8.14. The molecule has 0 N–H and O–H groups in total. The average Bonchev–Trinajstić information content (AvgIpc) is 3.30. The highest BCUT2D eigenvalue weighted by Crippen LogP contribution is 2.16. The van der Waals surface area contributed by atoms with Gasteiger partial charge in [0, 0.05) is 19.3 Å². The van der Waals surface area contributed by atoms with Crippen LogP contribution >= 0.6 is 0 Å². The third-order valence-corrected chi connectivity index (χ3v) is 12.3. The predicted octanol–water partition coefficient (Wildman–Crippen LogP) is 18.7. The summed E-state index contributed by atoms with van der Waals surface area (Å²) in [5.41, 5.74) is 0. The number of unbranched alkanes of at least 4 members (excludes halogenated alkanes) is 32. The number of ether oxygens (including phenoxy) is 3. The third kappa shape index (κ3) is 52.2. The Labute approximate surface area is 403 Å². The van der Waals surface area contributed by atoms with Crippen LogP contribution in [-0.4, -0.2) is 37.2 Å². The molecule has 0 saturated heterocycles. The van der Waals surface area contributed by atoms with Crippen molar-refractivity contribution < 1.29 is 28.6 Å². The first-order valence-corrected chi connectivity index (χ1v) is 28.1. The van der Waals surface area contributed by atoms with E-state index in [9.17, 15) is 14.4 Å². The molecule has 0 aliphatic carbocycles. The average molecular weight is 911 g/mol. The second-order valence-electron chi connectivity index (χ2n) is 18.8. The number of hydrogen-bond acceptors (Lipinski definition) is 6. The van der Waals surface area contributed by atoms with E-state index in [1.54, 1.807) is 0 Å². The van der Waals surface area contributed by atoms with Crippen LogP contribution in [0, 0.1) is 0 Å². The first-order chi connectivity index (χ1) is 32.0. The van der Waals surface area contributed by atoms with Crippen LogP contribution in [0.3, 0.4) is 0 Å². The molecule has 6 heteroatoms. The van der Waals surface area contributed by atoms with E-state index in [0.717, 1.165) is 83.5 Å². The lowest BCUT2D eigenvalue weighted by Gasteiger charge is -2.18. The topological polar surface area (TPSA) is 78.9 Å². The molecule has 6 nitrogen and oxygen atoms in total. The standard InChI is InChI=1S/C59H106O6/c1-4-7-10-13-16-19-21-23-24-25-26-27-28-29-30-31-32-33-34-35-36-37-39-40-43-46-49-52-58(61)64-55-56(54-63-57(60)51-48-45-42-18-15-12-9-6-3)65-59(62)53-50-47-44-41-38-22-20-17-14-11-8-5-2/h7,10,16,19,23-24,26-27,56H,4-6,8-9,11-15,17-18,20-22,25,28-55H2,1-3H3/b10-7-,19-16-,24-23-,27-26-. The summed E-state index contributed by atoms with van der Waals surface area (Å²) in [5, 5.41) is 0. The molecule has 0 aliphatic heterocycles. The molecule has 0 amide bonds. The molecule has 0 aliphatic rings. The lowest BCUT2D eigenvalue weighted by molar-refractivity contribution is -0.167. The summed E-state index contributed by atoms with van der Waals surface area (Å²) in [5.74, 6) is -0.861. The van der Waals surface area contributed by atoms with E-state index in [2.05, 4.69) is 69.4 Å². The smallest absolute Gasteiger partial charge is 0.306 e. The van der Waals surface area contributed by atoms with Crippen molar-refractivity contribution in [2.45, 2.75) is 297 Å². The number of carbonyl (C=O) groups is 3. The Morgan fingerprint density at radius 2 is 0.600 bits per heavy atom. The molecule has 1 unspecified atom stereocenters. The highest BCUT2D eigenvalue weighted by Gasteiger charge is 2.19. The summed E-state index contributed by atoms with van der Waals surface area (Å²) < 4.78 is 16.8. The van der Waals surface area contributed by atoms with Crippen LogP contribution in [0.4, 0.5) is 0 Å². The van der Waals surface area contributed by atoms with Crippen molar-refractivity contribution in [3.8, 4) is 0 Å². The lowest BCUT2D eigenvalue weighted by Crippen LogP contribution is -2.30. The van der Waals surface area contributed by atoms with E-state index in [1.807, 2.05) is 0 Å². The maximum atomic E-state index is 12.8. The van der Waals surface area contributed by atoms with Gasteiger partial charge >= 0.3 is 17.9 Å². The number of carbonyl (C=O) groups excluding carboxylic acids is 3. The molecular formula is C59H106O6. The molecular weight excluding hydrogens is 805 g/mol. The Kier molecular flexibility index (Phi) is 51.8. The molecule has 0 rings (SSSR count). The Morgan fingerprint density at radius 3 is 0.938 bits per heavy atom. The van der Waals surface area contributed by atoms with Gasteiger partial charge in [-0.2, -0.15) is 0 Å². The van der Waals surface area contributed by atoms with Crippen molar-refractivity contribution in [1.82, 2.24) is 0 Å². The Bertz CT molecular complexity index is 1140. The van der Waals surface area contributed by atoms with Crippen LogP contribution < -0.4 is 0 Å². The molecule has 65 heavy (non-hydrogen) atoms. The monoisotopic (exact) mass is 911 g/mol. The van der Waals surface area contributed by atoms with Gasteiger partial charge in [-0.3, -0.25) is 14.4 Å². The normalized spacial score (nSPS) is 12.4. The van der Waals surface area contributed by atoms with Gasteiger partial charge in [-0.15, -0.1) is 0 Å². The molecule has 0 fully saturated rings. The first-order valence-electron chi connectivity index (χ1n) is 28.1. The second kappa shape index (κ2) is 54.0. The van der Waals surface area contributed by atoms with Crippen LogP contribution in [0.25, 0.3) is 0 Å². The van der Waals surface area contributed by atoms with E-state index >= 15 is 0 Å². The van der Waals surface area contributed by atoms with Gasteiger partial charge in [0.1, 0.15) is 13.2 Å². The minimum absolute atomic E-state index is 0.0684. The van der Waals surface area contributed by atoms with E-state index < -0.39 is 6.10 Å². The zero-order valence-electron chi connectivity index (χ0n) is 43.3. The van der Waals surface area contributed by atoms with E-state index in [0.29, 0.717) is 19.3 Å². The summed E-state index contributed by atoms with van der Waals surface area (Å²) in [6, 6.07) is 0. The SMILES string of the molecule is CC/C=C\C/C=C\C/C=C\C/C=C\CCCCCCCCCCCCCCCCC(=O)OCC(COC(=O)CCCCCCCCCC)OC(=O)CCCCCCCCCCCCCC. The fraction of sp³-hybridized carbons (Fsp3) is 0.814. The highest BCUT2D eigenvalue weighted by atomic mass is 16.6. The Balaban J connectivity index is 4.09. The summed E-state index contributed by atoms with van der Waals surface area (Å²) in [6.07, 6.45) is 65.5. The molecule has 0 aromatic heterocycles. The fourth-order valence-electron chi connectivity index (χ4n) is 8.14. The van der Waals surface area contributed by atoms with Crippen molar-refractivity contribution >= 4 is 17.9 Å². The minimum Gasteiger partial charge on any atom is -0.462 e. The molecule has 0 bridgehead atoms. The van der Waals surface area contributed by atoms with Crippen LogP contribution in [0.1, 0.15) is 290 Å². The Morgan fingerprint density at radius 1 is 0.323 bits per heavy atom. The number of rotatable bonds is 51. The van der Waals surface area contributed by atoms with Crippen LogP contribution in [0.15, 0.2) is 48.6 Å². The largest absolute Gasteiger partial charge is 0.462 e. The van der Waals surface area contributed by atoms with E-state index in [1.165, 1.54) is 167 Å². The van der Waals surface area contributed by atoms with Crippen molar-refractivity contribution in [2.24, 2.45) is 0 Å². The molecule has 0 aromatic rings. The molecule has 1 atom stereocenters. The summed E-state index contributed by atoms with van der Waals surface area (Å²) in [6.45, 7) is 6.52. The quantitative estimate of drug-likeness (QED) is 0.0262. The summed E-state index contributed by atoms with van der Waals surface area (Å²) >= 11 is 0. The maximum Gasteiger partial charge on any atom is 0.306 e. The van der Waals surface area contributed by atoms with Crippen molar-refractivity contribution in [1.29, 1.82) is 0 Å². The zero-order chi connectivity index (χ0) is 47.2. The molecule has 378 valence electrons. The third-order valence-electron chi connectivity index (χ3n) is 12.3. The van der Waals surface area contributed by atoms with Crippen molar-refractivity contribution in [3.05, 3.63) is 48.6 Å². The molecule has 0 aromatic carbocycles. The van der Waals surface area contributed by atoms with Gasteiger partial charge in [-0.1, -0.05) is 262 Å². The van der Waals surface area contributed by atoms with Gasteiger partial charge in [-0.25, -0.2) is 0 Å². The van der Waals surface area contributed by atoms with Gasteiger partial charge in [0.15, 0.2) is 6.10 Å². The molecule has 0 saturated carbocycles. The van der Waals surface area contributed by atoms with Crippen molar-refractivity contribution in [3.63, 3.8) is 0 Å². The lowest BCUT2D eigenvalue weighted by atomic mass is 10.0. The number of allylic oxidation sites excluding steroid dienone is 8. The second-order valence-corrected chi connectivity index (χ2v) is 18.8. The summed E-state index contributed by atoms with van der Waals surface area (Å²) in [4.78, 5) is 37.9. The van der Waals surface area contributed by atoms with Gasteiger partial charge < -0.3 is 14.2 Å². The molecule has 0 radical (unpaired) electrons.